The van der Waals surface area contributed by atoms with Crippen LogP contribution in [0, 0.1) is 5.92 Å². The van der Waals surface area contributed by atoms with Gasteiger partial charge in [-0.25, -0.2) is 9.48 Å². The van der Waals surface area contributed by atoms with Crippen LogP contribution in [0.5, 0.6) is 0 Å². The molecule has 2 aliphatic rings. The zero-order chi connectivity index (χ0) is 39.0. The lowest BCUT2D eigenvalue weighted by molar-refractivity contribution is -0.142. The predicted octanol–water partition coefficient (Wildman–Crippen LogP) is 2.55. The third-order valence-electron chi connectivity index (χ3n) is 10.4. The number of hydrogen-bond donors (Lipinski definition) is 6. The van der Waals surface area contributed by atoms with E-state index >= 15 is 0 Å². The summed E-state index contributed by atoms with van der Waals surface area (Å²) in [5, 5.41) is 37.6. The van der Waals surface area contributed by atoms with Gasteiger partial charge in [0.25, 0.3) is 11.8 Å². The number of likely N-dealkylation sites (tertiary alicyclic amines) is 1. The molecule has 3 aromatic rings. The van der Waals surface area contributed by atoms with Crippen molar-refractivity contribution < 1.29 is 39.0 Å². The summed E-state index contributed by atoms with van der Waals surface area (Å²) in [6, 6.07) is 8.87. The number of aliphatic hydroxyl groups is 1. The van der Waals surface area contributed by atoms with Gasteiger partial charge in [0, 0.05) is 25.1 Å². The standard InChI is InChI=1S/C38H50N8O8/c1-38(2,54)31-21-41-44-46(31)27-20-30(35(50)42-28(32(47)33(39)48)14-8-9-17-40-37(52)53)45(22-27)36(51)29(18-23-10-4-3-5-11-23)43-34(49)26-16-15-24-12-6-7-13-25(24)19-26/h6-7,12-13,15-16,19,21,23,27-30,40,54H,3-5,8-11,14,17-18,20,22H2,1-2H3,(H2,39,48)(H,42,50)(H,43,49)(H,52,53)/t27-,28?,29-,30+/m1/s1. The molecule has 5 amide bonds. The van der Waals surface area contributed by atoms with E-state index in [0.717, 1.165) is 42.9 Å². The first-order valence-electron chi connectivity index (χ1n) is 18.6. The summed E-state index contributed by atoms with van der Waals surface area (Å²) >= 11 is 0. The minimum Gasteiger partial charge on any atom is -0.465 e. The lowest BCUT2D eigenvalue weighted by Crippen LogP contribution is -2.56. The van der Waals surface area contributed by atoms with Crippen LogP contribution in [0.15, 0.2) is 48.7 Å². The number of rotatable bonds is 16. The predicted molar refractivity (Wildman–Crippen MR) is 197 cm³/mol. The average Bonchev–Trinajstić information content (AvgIpc) is 3.82. The highest BCUT2D eigenvalue weighted by atomic mass is 16.4. The van der Waals surface area contributed by atoms with Crippen LogP contribution in [0.25, 0.3) is 10.8 Å². The highest BCUT2D eigenvalue weighted by molar-refractivity contribution is 6.37. The van der Waals surface area contributed by atoms with Crippen molar-refractivity contribution in [3.05, 3.63) is 59.9 Å². The van der Waals surface area contributed by atoms with Gasteiger partial charge in [-0.3, -0.25) is 24.0 Å². The van der Waals surface area contributed by atoms with Crippen LogP contribution in [0.3, 0.4) is 0 Å². The van der Waals surface area contributed by atoms with Crippen molar-refractivity contribution >= 4 is 46.3 Å². The number of benzene rings is 2. The highest BCUT2D eigenvalue weighted by Gasteiger charge is 2.45. The number of carbonyl (C=O) groups excluding carboxylic acids is 5. The van der Waals surface area contributed by atoms with Crippen molar-refractivity contribution in [1.29, 1.82) is 0 Å². The van der Waals surface area contributed by atoms with Gasteiger partial charge in [-0.05, 0) is 68.4 Å². The molecule has 0 radical (unpaired) electrons. The van der Waals surface area contributed by atoms with E-state index in [9.17, 15) is 33.9 Å². The third kappa shape index (κ3) is 9.98. The first kappa shape index (κ1) is 39.8. The third-order valence-corrected chi connectivity index (χ3v) is 10.4. The van der Waals surface area contributed by atoms with Gasteiger partial charge in [0.15, 0.2) is 0 Å². The lowest BCUT2D eigenvalue weighted by atomic mass is 9.84. The Morgan fingerprint density at radius 2 is 1.69 bits per heavy atom. The quantitative estimate of drug-likeness (QED) is 0.0925. The number of nitrogens with zero attached hydrogens (tertiary/aromatic N) is 4. The van der Waals surface area contributed by atoms with E-state index in [-0.39, 0.29) is 38.3 Å². The Morgan fingerprint density at radius 1 is 0.963 bits per heavy atom. The molecule has 2 fully saturated rings. The molecule has 4 atom stereocenters. The average molecular weight is 747 g/mol. The van der Waals surface area contributed by atoms with Crippen LogP contribution in [0.4, 0.5) is 4.79 Å². The minimum atomic E-state index is -1.36. The molecule has 16 nitrogen and oxygen atoms in total. The molecule has 5 rings (SSSR count). The lowest BCUT2D eigenvalue weighted by Gasteiger charge is -2.32. The molecule has 1 unspecified atom stereocenters. The number of carboxylic acid groups (broad SMARTS) is 1. The summed E-state index contributed by atoms with van der Waals surface area (Å²) in [7, 11) is 0. The summed E-state index contributed by atoms with van der Waals surface area (Å²) in [5.74, 6) is -3.74. The minimum absolute atomic E-state index is 0.00302. The fraction of sp³-hybridized carbons (Fsp3) is 0.526. The molecule has 1 aliphatic carbocycles. The SMILES string of the molecule is CC(C)(O)c1cnnn1[C@@H]1C[C@@H](C(=O)NC(CCCCNC(=O)O)C(=O)C(N)=O)N(C(=O)[C@@H](CC2CCCCC2)NC(=O)c2ccc3ccccc3c2)C1. The Balaban J connectivity index is 1.44. The summed E-state index contributed by atoms with van der Waals surface area (Å²) in [5.41, 5.74) is 4.72. The van der Waals surface area contributed by atoms with Crippen molar-refractivity contribution in [2.45, 2.75) is 108 Å². The number of ketones is 1. The smallest absolute Gasteiger partial charge is 0.404 e. The highest BCUT2D eigenvalue weighted by Crippen LogP contribution is 2.33. The zero-order valence-electron chi connectivity index (χ0n) is 30.7. The topological polar surface area (TPSA) is 239 Å². The fourth-order valence-electron chi connectivity index (χ4n) is 7.56. The molecule has 2 aromatic carbocycles. The Hall–Kier alpha value is -5.38. The zero-order valence-corrected chi connectivity index (χ0v) is 30.7. The summed E-state index contributed by atoms with van der Waals surface area (Å²) in [4.78, 5) is 79.9. The number of aromatic nitrogens is 3. The van der Waals surface area contributed by atoms with E-state index in [0.29, 0.717) is 24.1 Å². The summed E-state index contributed by atoms with van der Waals surface area (Å²) in [6.07, 6.45) is 6.10. The number of carbonyl (C=O) groups is 6. The van der Waals surface area contributed by atoms with Gasteiger partial charge in [0.2, 0.25) is 17.6 Å². The first-order chi connectivity index (χ1) is 25.7. The molecule has 54 heavy (non-hydrogen) atoms. The van der Waals surface area contributed by atoms with Gasteiger partial charge in [0.05, 0.1) is 24.0 Å². The first-order valence-corrected chi connectivity index (χ1v) is 18.6. The van der Waals surface area contributed by atoms with Crippen LogP contribution in [0.1, 0.15) is 100 Å². The molecule has 0 spiro atoms. The second-order valence-corrected chi connectivity index (χ2v) is 14.9. The van der Waals surface area contributed by atoms with E-state index in [1.165, 1.54) is 15.8 Å². The van der Waals surface area contributed by atoms with Crippen LogP contribution in [-0.4, -0.2) is 96.8 Å². The molecule has 1 saturated heterocycles. The number of fused-ring (bicyclic) bond motifs is 1. The maximum Gasteiger partial charge on any atom is 0.404 e. The maximum atomic E-state index is 14.8. The second-order valence-electron chi connectivity index (χ2n) is 14.9. The normalized spacial score (nSPS) is 18.8. The number of Topliss-reactive ketones (excluding diaryl/α,β-unsaturated/α-hetero) is 1. The largest absolute Gasteiger partial charge is 0.465 e. The Bertz CT molecular complexity index is 1850. The van der Waals surface area contributed by atoms with Crippen LogP contribution in [-0.2, 0) is 24.8 Å². The van der Waals surface area contributed by atoms with E-state index in [2.05, 4.69) is 26.3 Å². The Morgan fingerprint density at radius 3 is 2.37 bits per heavy atom. The summed E-state index contributed by atoms with van der Waals surface area (Å²) in [6.45, 7) is 3.21. The molecule has 7 N–H and O–H groups in total. The second kappa shape index (κ2) is 17.6. The molecule has 1 saturated carbocycles. The maximum absolute atomic E-state index is 14.8. The van der Waals surface area contributed by atoms with Crippen molar-refractivity contribution in [2.75, 3.05) is 13.1 Å². The molecule has 0 bridgehead atoms. The number of unbranched alkanes of at least 4 members (excludes halogenated alkanes) is 1. The fourth-order valence-corrected chi connectivity index (χ4v) is 7.56. The van der Waals surface area contributed by atoms with Gasteiger partial charge in [0.1, 0.15) is 17.7 Å². The molecule has 16 heteroatoms. The van der Waals surface area contributed by atoms with Crippen LogP contribution in [0.2, 0.25) is 0 Å². The van der Waals surface area contributed by atoms with Crippen molar-refractivity contribution in [2.24, 2.45) is 11.7 Å². The summed E-state index contributed by atoms with van der Waals surface area (Å²) < 4.78 is 1.48. The molecule has 1 aliphatic heterocycles. The van der Waals surface area contributed by atoms with Crippen molar-refractivity contribution in [3.8, 4) is 0 Å². The molecular weight excluding hydrogens is 696 g/mol. The molecular formula is C38H50N8O8. The Kier molecular flexibility index (Phi) is 13.0. The number of amides is 5. The molecule has 2 heterocycles. The van der Waals surface area contributed by atoms with E-state index in [1.54, 1.807) is 26.0 Å². The Labute approximate surface area is 313 Å². The van der Waals surface area contributed by atoms with Gasteiger partial charge in [-0.15, -0.1) is 5.10 Å². The number of nitrogens with one attached hydrogen (secondary N) is 3. The van der Waals surface area contributed by atoms with Gasteiger partial charge in [-0.2, -0.15) is 0 Å². The number of nitrogens with two attached hydrogens (primary N) is 1. The van der Waals surface area contributed by atoms with Crippen LogP contribution < -0.4 is 21.7 Å². The molecule has 1 aromatic heterocycles. The van der Waals surface area contributed by atoms with E-state index in [1.807, 2.05) is 30.3 Å². The van der Waals surface area contributed by atoms with E-state index in [4.69, 9.17) is 10.8 Å². The molecule has 290 valence electrons. The van der Waals surface area contributed by atoms with Crippen molar-refractivity contribution in [3.63, 3.8) is 0 Å². The van der Waals surface area contributed by atoms with Crippen molar-refractivity contribution in [1.82, 2.24) is 35.8 Å². The van der Waals surface area contributed by atoms with E-state index < -0.39 is 65.3 Å². The monoisotopic (exact) mass is 746 g/mol. The van der Waals surface area contributed by atoms with Crippen LogP contribution >= 0.6 is 0 Å². The van der Waals surface area contributed by atoms with Gasteiger partial charge >= 0.3 is 6.09 Å². The van der Waals surface area contributed by atoms with Gasteiger partial charge < -0.3 is 36.8 Å². The number of primary amides is 1. The van der Waals surface area contributed by atoms with Gasteiger partial charge in [-0.1, -0.05) is 67.6 Å². The number of hydrogen-bond acceptors (Lipinski definition) is 9.